The fraction of sp³-hybridized carbons (Fsp3) is 0.688. The van der Waals surface area contributed by atoms with Gasteiger partial charge in [0, 0.05) is 43.6 Å². The second kappa shape index (κ2) is 7.94. The Hall–Kier alpha value is -1.11. The normalized spacial score (nSPS) is 24.0. The average molecular weight is 322 g/mol. The summed E-state index contributed by atoms with van der Waals surface area (Å²) in [5.74, 6) is 1.06. The van der Waals surface area contributed by atoms with Gasteiger partial charge >= 0.3 is 0 Å². The lowest BCUT2D eigenvalue weighted by molar-refractivity contribution is 0.0195. The van der Waals surface area contributed by atoms with Gasteiger partial charge in [-0.25, -0.2) is 4.99 Å². The van der Waals surface area contributed by atoms with Gasteiger partial charge in [-0.05, 0) is 24.8 Å². The Bertz CT molecular complexity index is 471. The maximum absolute atomic E-state index is 5.46. The van der Waals surface area contributed by atoms with Gasteiger partial charge in [0.2, 0.25) is 0 Å². The van der Waals surface area contributed by atoms with Crippen molar-refractivity contribution in [2.24, 2.45) is 4.99 Å². The minimum absolute atomic E-state index is 0.648. The molecule has 1 aromatic heterocycles. The minimum Gasteiger partial charge on any atom is -0.379 e. The molecule has 1 aromatic rings. The lowest BCUT2D eigenvalue weighted by atomic mass is 10.2. The highest BCUT2D eigenvalue weighted by Crippen LogP contribution is 2.17. The SMILES string of the molecule is CCNC(=NCc1cccs1)N1CCC(N2CCOCC2)C1. The molecule has 5 nitrogen and oxygen atoms in total. The molecule has 6 heteroatoms. The molecular weight excluding hydrogens is 296 g/mol. The second-order valence-corrected chi connectivity index (χ2v) is 6.82. The summed E-state index contributed by atoms with van der Waals surface area (Å²) in [6.45, 7) is 9.90. The Morgan fingerprint density at radius 1 is 1.41 bits per heavy atom. The quantitative estimate of drug-likeness (QED) is 0.675. The average Bonchev–Trinajstić information content (AvgIpc) is 3.24. The molecule has 2 aliphatic heterocycles. The van der Waals surface area contributed by atoms with Gasteiger partial charge in [-0.2, -0.15) is 0 Å². The molecule has 0 aromatic carbocycles. The number of thiophene rings is 1. The maximum Gasteiger partial charge on any atom is 0.194 e. The van der Waals surface area contributed by atoms with Crippen LogP contribution in [0.3, 0.4) is 0 Å². The number of hydrogen-bond acceptors (Lipinski definition) is 4. The van der Waals surface area contributed by atoms with Crippen LogP contribution in [0, 0.1) is 0 Å². The van der Waals surface area contributed by atoms with E-state index in [0.29, 0.717) is 6.04 Å². The molecular formula is C16H26N4OS. The maximum atomic E-state index is 5.46. The van der Waals surface area contributed by atoms with E-state index in [-0.39, 0.29) is 0 Å². The first kappa shape index (κ1) is 15.8. The van der Waals surface area contributed by atoms with Crippen LogP contribution < -0.4 is 5.32 Å². The van der Waals surface area contributed by atoms with Gasteiger partial charge in [-0.15, -0.1) is 11.3 Å². The zero-order chi connectivity index (χ0) is 15.2. The molecule has 1 unspecified atom stereocenters. The summed E-state index contributed by atoms with van der Waals surface area (Å²) in [7, 11) is 0. The molecule has 122 valence electrons. The number of hydrogen-bond donors (Lipinski definition) is 1. The van der Waals surface area contributed by atoms with E-state index in [0.717, 1.165) is 58.4 Å². The Kier molecular flexibility index (Phi) is 5.70. The van der Waals surface area contributed by atoms with Crippen molar-refractivity contribution in [2.45, 2.75) is 25.9 Å². The van der Waals surface area contributed by atoms with Crippen molar-refractivity contribution in [1.29, 1.82) is 0 Å². The summed E-state index contributed by atoms with van der Waals surface area (Å²) in [6.07, 6.45) is 1.23. The summed E-state index contributed by atoms with van der Waals surface area (Å²) >= 11 is 1.77. The monoisotopic (exact) mass is 322 g/mol. The lowest BCUT2D eigenvalue weighted by Gasteiger charge is -2.32. The largest absolute Gasteiger partial charge is 0.379 e. The second-order valence-electron chi connectivity index (χ2n) is 5.79. The van der Waals surface area contributed by atoms with E-state index in [1.807, 2.05) is 0 Å². The molecule has 0 amide bonds. The van der Waals surface area contributed by atoms with Crippen molar-refractivity contribution in [1.82, 2.24) is 15.1 Å². The Labute approximate surface area is 137 Å². The van der Waals surface area contributed by atoms with E-state index >= 15 is 0 Å². The third kappa shape index (κ3) is 4.00. The number of aliphatic imine (C=N–C) groups is 1. The molecule has 3 heterocycles. The van der Waals surface area contributed by atoms with Crippen LogP contribution in [0.5, 0.6) is 0 Å². The van der Waals surface area contributed by atoms with Gasteiger partial charge in [0.15, 0.2) is 5.96 Å². The summed E-state index contributed by atoms with van der Waals surface area (Å²) < 4.78 is 5.46. The standard InChI is InChI=1S/C16H26N4OS/c1-2-17-16(18-12-15-4-3-11-22-15)20-6-5-14(13-20)19-7-9-21-10-8-19/h3-4,11,14H,2,5-10,12-13H2,1H3,(H,17,18). The van der Waals surface area contributed by atoms with Crippen LogP contribution in [0.2, 0.25) is 0 Å². The minimum atomic E-state index is 0.648. The van der Waals surface area contributed by atoms with E-state index in [1.165, 1.54) is 11.3 Å². The Morgan fingerprint density at radius 2 is 2.27 bits per heavy atom. The molecule has 0 saturated carbocycles. The molecule has 22 heavy (non-hydrogen) atoms. The lowest BCUT2D eigenvalue weighted by Crippen LogP contribution is -2.46. The van der Waals surface area contributed by atoms with Crippen molar-refractivity contribution in [3.8, 4) is 0 Å². The molecule has 3 rings (SSSR count). The molecule has 2 fully saturated rings. The number of nitrogens with zero attached hydrogens (tertiary/aromatic N) is 3. The van der Waals surface area contributed by atoms with Crippen molar-refractivity contribution < 1.29 is 4.74 Å². The molecule has 0 radical (unpaired) electrons. The summed E-state index contributed by atoms with van der Waals surface area (Å²) in [5, 5.41) is 5.56. The van der Waals surface area contributed by atoms with E-state index in [2.05, 4.69) is 39.6 Å². The predicted octanol–water partition coefficient (Wildman–Crippen LogP) is 1.62. The first-order valence-electron chi connectivity index (χ1n) is 8.24. The molecule has 0 aliphatic carbocycles. The number of morpholine rings is 1. The number of rotatable bonds is 4. The van der Waals surface area contributed by atoms with Crippen LogP contribution >= 0.6 is 11.3 Å². The van der Waals surface area contributed by atoms with Crippen LogP contribution in [0.4, 0.5) is 0 Å². The molecule has 0 spiro atoms. The third-order valence-corrected chi connectivity index (χ3v) is 5.19. The number of guanidine groups is 1. The fourth-order valence-electron chi connectivity index (χ4n) is 3.16. The van der Waals surface area contributed by atoms with E-state index in [9.17, 15) is 0 Å². The zero-order valence-corrected chi connectivity index (χ0v) is 14.1. The van der Waals surface area contributed by atoms with Crippen LogP contribution in [0.15, 0.2) is 22.5 Å². The van der Waals surface area contributed by atoms with E-state index in [4.69, 9.17) is 9.73 Å². The topological polar surface area (TPSA) is 40.1 Å². The number of likely N-dealkylation sites (tertiary alicyclic amines) is 1. The highest BCUT2D eigenvalue weighted by molar-refractivity contribution is 7.09. The van der Waals surface area contributed by atoms with Crippen LogP contribution in [-0.2, 0) is 11.3 Å². The summed E-state index contributed by atoms with van der Waals surface area (Å²) in [6, 6.07) is 4.89. The molecule has 2 aliphatic rings. The first-order chi connectivity index (χ1) is 10.9. The van der Waals surface area contributed by atoms with Gasteiger partial charge in [-0.3, -0.25) is 4.90 Å². The summed E-state index contributed by atoms with van der Waals surface area (Å²) in [5.41, 5.74) is 0. The molecule has 1 atom stereocenters. The van der Waals surface area contributed by atoms with Crippen molar-refractivity contribution in [3.05, 3.63) is 22.4 Å². The van der Waals surface area contributed by atoms with Crippen molar-refractivity contribution in [3.63, 3.8) is 0 Å². The molecule has 1 N–H and O–H groups in total. The van der Waals surface area contributed by atoms with Gasteiger partial charge in [0.25, 0.3) is 0 Å². The predicted molar refractivity (Wildman–Crippen MR) is 91.5 cm³/mol. The number of ether oxygens (including phenoxy) is 1. The van der Waals surface area contributed by atoms with E-state index in [1.54, 1.807) is 11.3 Å². The van der Waals surface area contributed by atoms with Crippen molar-refractivity contribution >= 4 is 17.3 Å². The van der Waals surface area contributed by atoms with Crippen LogP contribution in [0.25, 0.3) is 0 Å². The molecule has 0 bridgehead atoms. The van der Waals surface area contributed by atoms with Crippen LogP contribution in [0.1, 0.15) is 18.2 Å². The van der Waals surface area contributed by atoms with Gasteiger partial charge in [0.1, 0.15) is 0 Å². The third-order valence-electron chi connectivity index (χ3n) is 4.32. The van der Waals surface area contributed by atoms with Crippen molar-refractivity contribution in [2.75, 3.05) is 45.9 Å². The van der Waals surface area contributed by atoms with Gasteiger partial charge < -0.3 is 15.0 Å². The van der Waals surface area contributed by atoms with Gasteiger partial charge in [0.05, 0.1) is 19.8 Å². The Balaban J connectivity index is 1.58. The number of nitrogens with one attached hydrogen (secondary N) is 1. The molecule has 2 saturated heterocycles. The zero-order valence-electron chi connectivity index (χ0n) is 13.3. The highest BCUT2D eigenvalue weighted by atomic mass is 32.1. The Morgan fingerprint density at radius 3 is 3.00 bits per heavy atom. The van der Waals surface area contributed by atoms with E-state index < -0.39 is 0 Å². The van der Waals surface area contributed by atoms with Crippen LogP contribution in [-0.4, -0.2) is 67.7 Å². The smallest absolute Gasteiger partial charge is 0.194 e. The highest BCUT2D eigenvalue weighted by Gasteiger charge is 2.30. The first-order valence-corrected chi connectivity index (χ1v) is 9.12. The van der Waals surface area contributed by atoms with Gasteiger partial charge in [-0.1, -0.05) is 6.07 Å². The fourth-order valence-corrected chi connectivity index (χ4v) is 3.78. The summed E-state index contributed by atoms with van der Waals surface area (Å²) in [4.78, 5) is 11.1.